The first-order chi connectivity index (χ1) is 19.1. The largest absolute Gasteiger partial charge is 0.431 e. The minimum Gasteiger partial charge on any atom is -0.431 e. The van der Waals surface area contributed by atoms with Gasteiger partial charge in [0.2, 0.25) is 5.91 Å². The van der Waals surface area contributed by atoms with Gasteiger partial charge in [0.25, 0.3) is 5.22 Å². The van der Waals surface area contributed by atoms with Crippen LogP contribution < -0.4 is 15.8 Å². The topological polar surface area (TPSA) is 114 Å². The molecule has 4 rings (SSSR count). The molecule has 3 aromatic rings. The van der Waals surface area contributed by atoms with Gasteiger partial charge in [-0.1, -0.05) is 51.6 Å². The third-order valence-corrected chi connectivity index (χ3v) is 7.82. The molecule has 3 N–H and O–H groups in total. The molecule has 1 atom stereocenters. The molecule has 1 aromatic heterocycles. The maximum Gasteiger partial charge on any atom is 0.328 e. The fraction of sp³-hybridized carbons (Fsp3) is 0.500. The van der Waals surface area contributed by atoms with Gasteiger partial charge in [-0.15, -0.1) is 0 Å². The van der Waals surface area contributed by atoms with E-state index in [9.17, 15) is 9.59 Å². The Balaban J connectivity index is 1.30. The van der Waals surface area contributed by atoms with Gasteiger partial charge >= 0.3 is 5.97 Å². The molecule has 0 unspecified atom stereocenters. The van der Waals surface area contributed by atoms with E-state index in [1.165, 1.54) is 0 Å². The van der Waals surface area contributed by atoms with Gasteiger partial charge in [-0.3, -0.25) is 14.6 Å². The summed E-state index contributed by atoms with van der Waals surface area (Å²) < 4.78 is 11.3. The number of oxazole rings is 1. The molecule has 0 spiro atoms. The van der Waals surface area contributed by atoms with Crippen molar-refractivity contribution in [3.05, 3.63) is 47.5 Å². The monoisotopic (exact) mass is 567 g/mol. The highest BCUT2D eigenvalue weighted by atomic mass is 32.2. The van der Waals surface area contributed by atoms with E-state index >= 15 is 0 Å². The van der Waals surface area contributed by atoms with E-state index in [2.05, 4.69) is 47.8 Å². The number of rotatable bonds is 11. The van der Waals surface area contributed by atoms with E-state index in [1.54, 1.807) is 18.7 Å². The third kappa shape index (κ3) is 7.84. The number of nitrogens with zero attached hydrogens (tertiary/aromatic N) is 3. The van der Waals surface area contributed by atoms with Gasteiger partial charge in [0.05, 0.1) is 6.54 Å². The molecular formula is C30H41N5O4S. The molecule has 1 aliphatic heterocycles. The van der Waals surface area contributed by atoms with Crippen LogP contribution in [-0.4, -0.2) is 77.7 Å². The number of piperazine rings is 1. The quantitative estimate of drug-likeness (QED) is 0.194. The maximum atomic E-state index is 13.2. The number of carbonyl (C=O) groups excluding carboxylic acids is 2. The number of amides is 1. The van der Waals surface area contributed by atoms with Gasteiger partial charge in [-0.25, -0.2) is 9.78 Å². The molecule has 1 amide bonds. The number of nitrogens with one attached hydrogen (secondary N) is 1. The van der Waals surface area contributed by atoms with Crippen molar-refractivity contribution in [3.63, 3.8) is 0 Å². The Morgan fingerprint density at radius 2 is 1.65 bits per heavy atom. The molecule has 0 radical (unpaired) electrons. The Bertz CT molecular complexity index is 1250. The number of aromatic nitrogens is 1. The predicted molar refractivity (Wildman–Crippen MR) is 160 cm³/mol. The smallest absolute Gasteiger partial charge is 0.328 e. The number of nitrogens with two attached hydrogens (primary N) is 1. The van der Waals surface area contributed by atoms with E-state index in [4.69, 9.17) is 14.9 Å². The Hall–Kier alpha value is -2.92. The number of fused-ring (bicyclic) bond motifs is 1. The van der Waals surface area contributed by atoms with Crippen LogP contribution in [0, 0.1) is 0 Å². The van der Waals surface area contributed by atoms with Crippen LogP contribution >= 0.6 is 11.8 Å². The van der Waals surface area contributed by atoms with E-state index in [0.717, 1.165) is 66.4 Å². The zero-order valence-electron chi connectivity index (χ0n) is 24.1. The molecule has 1 saturated heterocycles. The number of benzene rings is 2. The fourth-order valence-electron chi connectivity index (χ4n) is 4.71. The van der Waals surface area contributed by atoms with Gasteiger partial charge < -0.3 is 20.2 Å². The van der Waals surface area contributed by atoms with Gasteiger partial charge in [0, 0.05) is 44.2 Å². The standard InChI is InChI=1S/C30H41N5O4S/c1-19(2)23-16-22(38-29(37)21(5)31)17-24(20(3)4)28(23)33-27(36)18-35-12-10-34(11-13-35)14-15-40-30-32-25-8-6-7-9-26(25)39-30/h6-9,16-17,19-21H,10-15,18,31H2,1-5H3,(H,33,36)/t21-/m0/s1. The molecule has 1 fully saturated rings. The second-order valence-corrected chi connectivity index (χ2v) is 12.0. The first-order valence-electron chi connectivity index (χ1n) is 14.0. The van der Waals surface area contributed by atoms with E-state index in [0.29, 0.717) is 17.5 Å². The average molecular weight is 568 g/mol. The molecule has 216 valence electrons. The summed E-state index contributed by atoms with van der Waals surface area (Å²) in [6, 6.07) is 10.8. The molecule has 1 aliphatic rings. The van der Waals surface area contributed by atoms with Crippen molar-refractivity contribution in [1.82, 2.24) is 14.8 Å². The number of carbonyl (C=O) groups is 2. The Kier molecular flexibility index (Phi) is 10.2. The summed E-state index contributed by atoms with van der Waals surface area (Å²) in [6.07, 6.45) is 0. The summed E-state index contributed by atoms with van der Waals surface area (Å²) in [4.78, 5) is 34.4. The minimum atomic E-state index is -0.711. The SMILES string of the molecule is CC(C)c1cc(OC(=O)[C@H](C)N)cc(C(C)C)c1NC(=O)CN1CCN(CCSc2nc3ccccc3o2)CC1. The van der Waals surface area contributed by atoms with Crippen molar-refractivity contribution in [2.24, 2.45) is 5.73 Å². The van der Waals surface area contributed by atoms with Crippen LogP contribution in [0.15, 0.2) is 46.0 Å². The predicted octanol–water partition coefficient (Wildman–Crippen LogP) is 4.68. The fourth-order valence-corrected chi connectivity index (χ4v) is 5.55. The van der Waals surface area contributed by atoms with Crippen molar-refractivity contribution in [2.45, 2.75) is 57.7 Å². The number of hydrogen-bond acceptors (Lipinski definition) is 9. The second-order valence-electron chi connectivity index (χ2n) is 11.0. The second kappa shape index (κ2) is 13.6. The lowest BCUT2D eigenvalue weighted by molar-refractivity contribution is -0.135. The van der Waals surface area contributed by atoms with Crippen molar-refractivity contribution in [3.8, 4) is 5.75 Å². The average Bonchev–Trinajstić information content (AvgIpc) is 3.32. The summed E-state index contributed by atoms with van der Waals surface area (Å²) >= 11 is 1.63. The molecule has 9 nitrogen and oxygen atoms in total. The molecule has 0 bridgehead atoms. The van der Waals surface area contributed by atoms with Crippen LogP contribution in [0.5, 0.6) is 5.75 Å². The van der Waals surface area contributed by atoms with Crippen molar-refractivity contribution in [2.75, 3.05) is 50.3 Å². The Morgan fingerprint density at radius 1 is 1.02 bits per heavy atom. The highest BCUT2D eigenvalue weighted by Gasteiger charge is 2.23. The Labute approximate surface area is 240 Å². The van der Waals surface area contributed by atoms with Crippen LogP contribution in [-0.2, 0) is 9.59 Å². The summed E-state index contributed by atoms with van der Waals surface area (Å²) in [7, 11) is 0. The lowest BCUT2D eigenvalue weighted by Gasteiger charge is -2.34. The number of anilines is 1. The highest BCUT2D eigenvalue weighted by Crippen LogP contribution is 2.36. The summed E-state index contributed by atoms with van der Waals surface area (Å²) in [5.74, 6) is 1.09. The number of ether oxygens (including phenoxy) is 1. The van der Waals surface area contributed by atoms with Crippen molar-refractivity contribution in [1.29, 1.82) is 0 Å². The first kappa shape index (κ1) is 30.0. The van der Waals surface area contributed by atoms with Crippen LogP contribution in [0.3, 0.4) is 0 Å². The molecular weight excluding hydrogens is 526 g/mol. The highest BCUT2D eigenvalue weighted by molar-refractivity contribution is 7.99. The molecule has 0 saturated carbocycles. The molecule has 2 aromatic carbocycles. The molecule has 2 heterocycles. The number of esters is 1. The van der Waals surface area contributed by atoms with Crippen LogP contribution in [0.25, 0.3) is 11.1 Å². The van der Waals surface area contributed by atoms with E-state index in [1.807, 2.05) is 36.4 Å². The van der Waals surface area contributed by atoms with Gasteiger partial charge in [0.1, 0.15) is 17.3 Å². The maximum absolute atomic E-state index is 13.2. The van der Waals surface area contributed by atoms with Crippen LogP contribution in [0.2, 0.25) is 0 Å². The van der Waals surface area contributed by atoms with Gasteiger partial charge in [0.15, 0.2) is 5.58 Å². The molecule has 40 heavy (non-hydrogen) atoms. The molecule has 0 aliphatic carbocycles. The summed E-state index contributed by atoms with van der Waals surface area (Å²) in [5.41, 5.74) is 10.1. The zero-order chi connectivity index (χ0) is 28.8. The lowest BCUT2D eigenvalue weighted by atomic mass is 9.92. The number of para-hydroxylation sites is 2. The van der Waals surface area contributed by atoms with Gasteiger partial charge in [-0.05, 0) is 54.2 Å². The Morgan fingerprint density at radius 3 is 2.25 bits per heavy atom. The first-order valence-corrected chi connectivity index (χ1v) is 15.0. The van der Waals surface area contributed by atoms with Gasteiger partial charge in [-0.2, -0.15) is 0 Å². The zero-order valence-corrected chi connectivity index (χ0v) is 24.9. The lowest BCUT2D eigenvalue weighted by Crippen LogP contribution is -2.49. The third-order valence-electron chi connectivity index (χ3n) is 7.01. The summed E-state index contributed by atoms with van der Waals surface area (Å²) in [6.45, 7) is 14.6. The van der Waals surface area contributed by atoms with Crippen molar-refractivity contribution >= 4 is 40.4 Å². The van der Waals surface area contributed by atoms with E-state index < -0.39 is 12.0 Å². The van der Waals surface area contributed by atoms with E-state index in [-0.39, 0.29) is 17.7 Å². The van der Waals surface area contributed by atoms with Crippen LogP contribution in [0.4, 0.5) is 5.69 Å². The van der Waals surface area contributed by atoms with Crippen LogP contribution in [0.1, 0.15) is 57.6 Å². The number of hydrogen-bond donors (Lipinski definition) is 2. The van der Waals surface area contributed by atoms with Crippen molar-refractivity contribution < 1.29 is 18.7 Å². The minimum absolute atomic E-state index is 0.0379. The molecule has 10 heteroatoms. The summed E-state index contributed by atoms with van der Waals surface area (Å²) in [5, 5.41) is 3.89. The number of thioether (sulfide) groups is 1. The normalized spacial score (nSPS) is 15.6.